The highest BCUT2D eigenvalue weighted by Gasteiger charge is 2.17. The number of nitrogens with one attached hydrogen (secondary N) is 1. The third kappa shape index (κ3) is 4.18. The Kier molecular flexibility index (Phi) is 5.25. The number of anilines is 1. The summed E-state index contributed by atoms with van der Waals surface area (Å²) in [5, 5.41) is 7.61. The Balaban J connectivity index is 1.63. The molecule has 2 heterocycles. The van der Waals surface area contributed by atoms with Crippen LogP contribution >= 0.6 is 27.3 Å². The molecule has 0 saturated heterocycles. The van der Waals surface area contributed by atoms with Crippen molar-refractivity contribution in [3.05, 3.63) is 62.8 Å². The van der Waals surface area contributed by atoms with E-state index in [1.807, 2.05) is 18.3 Å². The summed E-state index contributed by atoms with van der Waals surface area (Å²) in [6.45, 7) is 0.277. The zero-order chi connectivity index (χ0) is 17.1. The van der Waals surface area contributed by atoms with Crippen LogP contribution in [0.25, 0.3) is 0 Å². The molecule has 0 amide bonds. The van der Waals surface area contributed by atoms with Gasteiger partial charge in [0.1, 0.15) is 5.69 Å². The van der Waals surface area contributed by atoms with Crippen molar-refractivity contribution in [2.45, 2.75) is 19.4 Å². The van der Waals surface area contributed by atoms with Gasteiger partial charge in [-0.1, -0.05) is 28.1 Å². The molecule has 0 aliphatic rings. The molecule has 0 fully saturated rings. The predicted molar refractivity (Wildman–Crippen MR) is 94.6 cm³/mol. The minimum atomic E-state index is -2.58. The van der Waals surface area contributed by atoms with Gasteiger partial charge in [-0.3, -0.25) is 4.68 Å². The number of alkyl halides is 2. The largest absolute Gasteiger partial charge is 0.357 e. The van der Waals surface area contributed by atoms with Crippen molar-refractivity contribution in [1.82, 2.24) is 14.8 Å². The Labute approximate surface area is 150 Å². The van der Waals surface area contributed by atoms with Crippen molar-refractivity contribution in [1.29, 1.82) is 0 Å². The molecule has 0 unspecified atom stereocenters. The fraction of sp³-hybridized carbons (Fsp3) is 0.250. The van der Waals surface area contributed by atoms with E-state index in [0.29, 0.717) is 10.7 Å². The Hall–Kier alpha value is -1.80. The van der Waals surface area contributed by atoms with Crippen LogP contribution in [0.3, 0.4) is 0 Å². The number of hydrogen-bond acceptors (Lipinski definition) is 4. The average molecular weight is 413 g/mol. The minimum absolute atomic E-state index is 0.184. The molecule has 126 valence electrons. The molecule has 0 aliphatic heterocycles. The highest BCUT2D eigenvalue weighted by molar-refractivity contribution is 9.10. The Bertz CT molecular complexity index is 814. The molecule has 0 spiro atoms. The molecule has 4 nitrogen and oxygen atoms in total. The smallest absolute Gasteiger partial charge is 0.282 e. The third-order valence-electron chi connectivity index (χ3n) is 3.42. The van der Waals surface area contributed by atoms with Gasteiger partial charge in [-0.15, -0.1) is 11.3 Å². The van der Waals surface area contributed by atoms with Crippen LogP contribution in [0, 0.1) is 0 Å². The molecule has 0 radical (unpaired) electrons. The Morgan fingerprint density at radius 3 is 2.75 bits per heavy atom. The third-order valence-corrected chi connectivity index (χ3v) is 4.90. The van der Waals surface area contributed by atoms with Crippen LogP contribution in [0.2, 0.25) is 0 Å². The molecule has 0 atom stereocenters. The molecule has 1 aromatic carbocycles. The maximum Gasteiger partial charge on any atom is 0.282 e. The Morgan fingerprint density at radius 2 is 2.04 bits per heavy atom. The molecule has 1 N–H and O–H groups in total. The zero-order valence-electron chi connectivity index (χ0n) is 12.8. The summed E-state index contributed by atoms with van der Waals surface area (Å²) >= 11 is 4.94. The normalized spacial score (nSPS) is 11.2. The van der Waals surface area contributed by atoms with Gasteiger partial charge in [-0.2, -0.15) is 5.10 Å². The number of hydrogen-bond donors (Lipinski definition) is 1. The van der Waals surface area contributed by atoms with Crippen molar-refractivity contribution >= 4 is 32.4 Å². The first-order chi connectivity index (χ1) is 11.5. The summed E-state index contributed by atoms with van der Waals surface area (Å²) in [6, 6.07) is 8.12. The SMILES string of the molecule is Cn1cc(CNc2ncc(Cc3ccc(Br)cc3)s2)c(C(F)F)n1. The Morgan fingerprint density at radius 1 is 1.29 bits per heavy atom. The molecular formula is C16H15BrF2N4S. The summed E-state index contributed by atoms with van der Waals surface area (Å²) in [6.07, 6.45) is 1.63. The van der Waals surface area contributed by atoms with Crippen molar-refractivity contribution < 1.29 is 8.78 Å². The van der Waals surface area contributed by atoms with Gasteiger partial charge >= 0.3 is 0 Å². The average Bonchev–Trinajstić information content (AvgIpc) is 3.14. The molecule has 0 aliphatic carbocycles. The van der Waals surface area contributed by atoms with Crippen LogP contribution in [-0.2, 0) is 20.0 Å². The summed E-state index contributed by atoms with van der Waals surface area (Å²) in [5.74, 6) is 0. The first-order valence-corrected chi connectivity index (χ1v) is 8.86. The van der Waals surface area contributed by atoms with Crippen molar-refractivity contribution in [3.63, 3.8) is 0 Å². The van der Waals surface area contributed by atoms with Crippen LogP contribution in [0.4, 0.5) is 13.9 Å². The lowest BCUT2D eigenvalue weighted by Gasteiger charge is -2.02. The highest BCUT2D eigenvalue weighted by atomic mass is 79.9. The lowest BCUT2D eigenvalue weighted by atomic mass is 10.1. The maximum atomic E-state index is 12.9. The second-order valence-electron chi connectivity index (χ2n) is 5.30. The van der Waals surface area contributed by atoms with E-state index in [2.05, 4.69) is 43.5 Å². The van der Waals surface area contributed by atoms with Gasteiger partial charge < -0.3 is 5.32 Å². The molecule has 2 aromatic heterocycles. The van der Waals surface area contributed by atoms with Gasteiger partial charge in [0.25, 0.3) is 6.43 Å². The number of aromatic nitrogens is 3. The van der Waals surface area contributed by atoms with Crippen LogP contribution < -0.4 is 5.32 Å². The molecule has 8 heteroatoms. The number of nitrogens with zero attached hydrogens (tertiary/aromatic N) is 3. The van der Waals surface area contributed by atoms with Gasteiger partial charge in [-0.05, 0) is 17.7 Å². The monoisotopic (exact) mass is 412 g/mol. The van der Waals surface area contributed by atoms with E-state index >= 15 is 0 Å². The molecule has 24 heavy (non-hydrogen) atoms. The van der Waals surface area contributed by atoms with Gasteiger partial charge in [-0.25, -0.2) is 13.8 Å². The standard InChI is InChI=1S/C16H15BrF2N4S/c1-23-9-11(14(22-23)15(18)19)7-20-16-21-8-13(24-16)6-10-2-4-12(17)5-3-10/h2-5,8-9,15H,6-7H2,1H3,(H,20,21). The summed E-state index contributed by atoms with van der Waals surface area (Å²) in [4.78, 5) is 5.42. The van der Waals surface area contributed by atoms with Crippen LogP contribution in [-0.4, -0.2) is 14.8 Å². The number of thiazole rings is 1. The van der Waals surface area contributed by atoms with E-state index in [-0.39, 0.29) is 12.2 Å². The lowest BCUT2D eigenvalue weighted by molar-refractivity contribution is 0.144. The lowest BCUT2D eigenvalue weighted by Crippen LogP contribution is -2.01. The van der Waals surface area contributed by atoms with E-state index in [1.165, 1.54) is 21.6 Å². The molecule has 0 bridgehead atoms. The van der Waals surface area contributed by atoms with Crippen molar-refractivity contribution in [2.75, 3.05) is 5.32 Å². The van der Waals surface area contributed by atoms with E-state index in [9.17, 15) is 8.78 Å². The number of rotatable bonds is 6. The molecule has 0 saturated carbocycles. The van der Waals surface area contributed by atoms with Gasteiger partial charge in [0.2, 0.25) is 0 Å². The van der Waals surface area contributed by atoms with E-state index in [1.54, 1.807) is 13.2 Å². The minimum Gasteiger partial charge on any atom is -0.357 e. The quantitative estimate of drug-likeness (QED) is 0.633. The van der Waals surface area contributed by atoms with Gasteiger partial charge in [0.05, 0.1) is 0 Å². The maximum absolute atomic E-state index is 12.9. The fourth-order valence-electron chi connectivity index (χ4n) is 2.32. The second-order valence-corrected chi connectivity index (χ2v) is 7.33. The van der Waals surface area contributed by atoms with Crippen LogP contribution in [0.5, 0.6) is 0 Å². The van der Waals surface area contributed by atoms with Crippen molar-refractivity contribution in [3.8, 4) is 0 Å². The predicted octanol–water partition coefficient (Wildman–Crippen LogP) is 4.78. The summed E-state index contributed by atoms with van der Waals surface area (Å²) < 4.78 is 28.3. The van der Waals surface area contributed by atoms with E-state index in [4.69, 9.17) is 0 Å². The number of halogens is 3. The van der Waals surface area contributed by atoms with E-state index in [0.717, 1.165) is 15.8 Å². The summed E-state index contributed by atoms with van der Waals surface area (Å²) in [7, 11) is 1.63. The zero-order valence-corrected chi connectivity index (χ0v) is 15.2. The molecular weight excluding hydrogens is 398 g/mol. The fourth-order valence-corrected chi connectivity index (χ4v) is 3.43. The van der Waals surface area contributed by atoms with Crippen molar-refractivity contribution in [2.24, 2.45) is 7.05 Å². The molecule has 3 rings (SSSR count). The number of benzene rings is 1. The first-order valence-electron chi connectivity index (χ1n) is 7.25. The second kappa shape index (κ2) is 7.40. The van der Waals surface area contributed by atoms with Crippen LogP contribution in [0.1, 0.15) is 28.1 Å². The summed E-state index contributed by atoms with van der Waals surface area (Å²) in [5.41, 5.74) is 1.49. The number of aryl methyl sites for hydroxylation is 1. The topological polar surface area (TPSA) is 42.7 Å². The van der Waals surface area contributed by atoms with Crippen LogP contribution in [0.15, 0.2) is 41.1 Å². The van der Waals surface area contributed by atoms with Gasteiger partial charge in [0, 0.05) is 47.3 Å². The highest BCUT2D eigenvalue weighted by Crippen LogP contribution is 2.25. The van der Waals surface area contributed by atoms with E-state index < -0.39 is 6.43 Å². The first kappa shape index (κ1) is 17.0. The molecule has 3 aromatic rings. The van der Waals surface area contributed by atoms with Gasteiger partial charge in [0.15, 0.2) is 5.13 Å².